The number of hydrogen-bond acceptors (Lipinski definition) is 2. The number of hydrogen-bond donors (Lipinski definition) is 1. The van der Waals surface area contributed by atoms with Crippen molar-refractivity contribution in [2.45, 2.75) is 26.2 Å². The largest absolute Gasteiger partial charge is 0.370 e. The van der Waals surface area contributed by atoms with E-state index in [1.165, 1.54) is 24.1 Å². The van der Waals surface area contributed by atoms with Gasteiger partial charge in [-0.2, -0.15) is 0 Å². The number of benzene rings is 1. The van der Waals surface area contributed by atoms with Crippen LogP contribution in [0.2, 0.25) is 0 Å². The predicted octanol–water partition coefficient (Wildman–Crippen LogP) is 1.97. The minimum absolute atomic E-state index is 0.135. The maximum atomic E-state index is 11.2. The molecule has 1 N–H and O–H groups in total. The first-order chi connectivity index (χ1) is 8.31. The minimum Gasteiger partial charge on any atom is -0.370 e. The number of para-hydroxylation sites is 1. The quantitative estimate of drug-likeness (QED) is 0.860. The van der Waals surface area contributed by atoms with Crippen molar-refractivity contribution >= 4 is 11.6 Å². The number of aryl methyl sites for hydroxylation is 1. The van der Waals surface area contributed by atoms with Crippen molar-refractivity contribution in [3.8, 4) is 0 Å². The molecule has 92 valence electrons. The molecule has 1 aliphatic heterocycles. The van der Waals surface area contributed by atoms with Gasteiger partial charge in [0, 0.05) is 31.7 Å². The van der Waals surface area contributed by atoms with Gasteiger partial charge in [0.25, 0.3) is 0 Å². The third-order valence-electron chi connectivity index (χ3n) is 3.23. The van der Waals surface area contributed by atoms with E-state index in [4.69, 9.17) is 0 Å². The van der Waals surface area contributed by atoms with E-state index >= 15 is 0 Å². The van der Waals surface area contributed by atoms with Gasteiger partial charge in [0.1, 0.15) is 0 Å². The van der Waals surface area contributed by atoms with Gasteiger partial charge in [0.2, 0.25) is 5.91 Å². The normalized spacial score (nSPS) is 14.3. The molecule has 0 aliphatic carbocycles. The second-order valence-electron chi connectivity index (χ2n) is 4.42. The highest BCUT2D eigenvalue weighted by Gasteiger charge is 2.15. The Morgan fingerprint density at radius 2 is 2.24 bits per heavy atom. The summed E-state index contributed by atoms with van der Waals surface area (Å²) in [6.07, 6.45) is 2.95. The predicted molar refractivity (Wildman–Crippen MR) is 70.3 cm³/mol. The fourth-order valence-corrected chi connectivity index (χ4v) is 2.30. The molecule has 3 heteroatoms. The van der Waals surface area contributed by atoms with Crippen LogP contribution in [0.15, 0.2) is 24.3 Å². The third-order valence-corrected chi connectivity index (χ3v) is 3.23. The second-order valence-corrected chi connectivity index (χ2v) is 4.42. The van der Waals surface area contributed by atoms with E-state index in [1.807, 2.05) is 6.92 Å². The first-order valence-electron chi connectivity index (χ1n) is 6.41. The molecule has 1 heterocycles. The standard InChI is InChI=1S/C14H20N2O/c1-2-14(17)15-9-11-16-10-5-7-12-6-3-4-8-13(12)16/h3-4,6,8H,2,5,7,9-11H2,1H3,(H,15,17). The maximum Gasteiger partial charge on any atom is 0.219 e. The lowest BCUT2D eigenvalue weighted by Crippen LogP contribution is -2.37. The lowest BCUT2D eigenvalue weighted by Gasteiger charge is -2.31. The Morgan fingerprint density at radius 1 is 1.41 bits per heavy atom. The Kier molecular flexibility index (Phi) is 4.02. The number of nitrogens with one attached hydrogen (secondary N) is 1. The van der Waals surface area contributed by atoms with Crippen LogP contribution in [0.1, 0.15) is 25.3 Å². The average molecular weight is 232 g/mol. The van der Waals surface area contributed by atoms with Gasteiger partial charge in [-0.25, -0.2) is 0 Å². The van der Waals surface area contributed by atoms with Crippen LogP contribution in [0.3, 0.4) is 0 Å². The molecule has 0 radical (unpaired) electrons. The van der Waals surface area contributed by atoms with Gasteiger partial charge in [-0.1, -0.05) is 25.1 Å². The zero-order valence-corrected chi connectivity index (χ0v) is 10.4. The third kappa shape index (κ3) is 2.99. The highest BCUT2D eigenvalue weighted by atomic mass is 16.1. The van der Waals surface area contributed by atoms with Crippen LogP contribution in [0, 0.1) is 0 Å². The minimum atomic E-state index is 0.135. The first kappa shape index (κ1) is 12.0. The fraction of sp³-hybridized carbons (Fsp3) is 0.500. The summed E-state index contributed by atoms with van der Waals surface area (Å²) >= 11 is 0. The highest BCUT2D eigenvalue weighted by Crippen LogP contribution is 2.25. The van der Waals surface area contributed by atoms with Gasteiger partial charge < -0.3 is 10.2 Å². The Labute approximate surface area is 103 Å². The second kappa shape index (κ2) is 5.71. The number of rotatable bonds is 4. The van der Waals surface area contributed by atoms with Crippen molar-refractivity contribution in [1.29, 1.82) is 0 Å². The molecule has 2 rings (SSSR count). The van der Waals surface area contributed by atoms with Crippen LogP contribution < -0.4 is 10.2 Å². The summed E-state index contributed by atoms with van der Waals surface area (Å²) in [5.41, 5.74) is 2.77. The summed E-state index contributed by atoms with van der Waals surface area (Å²) < 4.78 is 0. The van der Waals surface area contributed by atoms with E-state index in [-0.39, 0.29) is 5.91 Å². The van der Waals surface area contributed by atoms with E-state index in [1.54, 1.807) is 0 Å². The highest BCUT2D eigenvalue weighted by molar-refractivity contribution is 5.75. The van der Waals surface area contributed by atoms with E-state index in [0.717, 1.165) is 19.6 Å². The van der Waals surface area contributed by atoms with Crippen molar-refractivity contribution in [1.82, 2.24) is 5.32 Å². The van der Waals surface area contributed by atoms with Crippen molar-refractivity contribution < 1.29 is 4.79 Å². The summed E-state index contributed by atoms with van der Waals surface area (Å²) in [4.78, 5) is 13.5. The average Bonchev–Trinajstić information content (AvgIpc) is 2.39. The van der Waals surface area contributed by atoms with Crippen LogP contribution >= 0.6 is 0 Å². The molecule has 0 fully saturated rings. The molecule has 0 spiro atoms. The van der Waals surface area contributed by atoms with Crippen LogP contribution in [-0.2, 0) is 11.2 Å². The van der Waals surface area contributed by atoms with Gasteiger partial charge in [-0.3, -0.25) is 4.79 Å². The van der Waals surface area contributed by atoms with Gasteiger partial charge >= 0.3 is 0 Å². The van der Waals surface area contributed by atoms with E-state index < -0.39 is 0 Å². The Hall–Kier alpha value is -1.51. The monoisotopic (exact) mass is 232 g/mol. The molecule has 0 unspecified atom stereocenters. The summed E-state index contributed by atoms with van der Waals surface area (Å²) in [5, 5.41) is 2.93. The summed E-state index contributed by atoms with van der Waals surface area (Å²) in [5.74, 6) is 0.135. The van der Waals surface area contributed by atoms with Gasteiger partial charge in [-0.15, -0.1) is 0 Å². The number of amides is 1. The number of anilines is 1. The maximum absolute atomic E-state index is 11.2. The Bertz CT molecular complexity index is 390. The molecular weight excluding hydrogens is 212 g/mol. The van der Waals surface area contributed by atoms with Gasteiger partial charge in [-0.05, 0) is 24.5 Å². The fourth-order valence-electron chi connectivity index (χ4n) is 2.30. The number of carbonyl (C=O) groups is 1. The molecule has 17 heavy (non-hydrogen) atoms. The molecule has 0 bridgehead atoms. The zero-order chi connectivity index (χ0) is 12.1. The molecule has 0 saturated heterocycles. The van der Waals surface area contributed by atoms with Crippen molar-refractivity contribution in [3.05, 3.63) is 29.8 Å². The Morgan fingerprint density at radius 3 is 3.06 bits per heavy atom. The molecular formula is C14H20N2O. The van der Waals surface area contributed by atoms with Crippen LogP contribution in [0.4, 0.5) is 5.69 Å². The van der Waals surface area contributed by atoms with Gasteiger partial charge in [0.05, 0.1) is 0 Å². The molecule has 1 aromatic rings. The van der Waals surface area contributed by atoms with Crippen LogP contribution in [-0.4, -0.2) is 25.5 Å². The molecule has 0 atom stereocenters. The lowest BCUT2D eigenvalue weighted by molar-refractivity contribution is -0.120. The molecule has 1 aliphatic rings. The molecule has 0 aromatic heterocycles. The number of carbonyl (C=O) groups excluding carboxylic acids is 1. The first-order valence-corrected chi connectivity index (χ1v) is 6.41. The SMILES string of the molecule is CCC(=O)NCCN1CCCc2ccccc21. The van der Waals surface area contributed by atoms with Crippen molar-refractivity contribution in [3.63, 3.8) is 0 Å². The van der Waals surface area contributed by atoms with E-state index in [9.17, 15) is 4.79 Å². The van der Waals surface area contributed by atoms with Crippen molar-refractivity contribution in [2.75, 3.05) is 24.5 Å². The van der Waals surface area contributed by atoms with Crippen LogP contribution in [0.25, 0.3) is 0 Å². The number of fused-ring (bicyclic) bond motifs is 1. The molecule has 1 aromatic carbocycles. The molecule has 0 saturated carbocycles. The van der Waals surface area contributed by atoms with Crippen molar-refractivity contribution in [2.24, 2.45) is 0 Å². The zero-order valence-electron chi connectivity index (χ0n) is 10.4. The van der Waals surface area contributed by atoms with E-state index in [0.29, 0.717) is 6.42 Å². The van der Waals surface area contributed by atoms with Gasteiger partial charge in [0.15, 0.2) is 0 Å². The number of nitrogens with zero attached hydrogens (tertiary/aromatic N) is 1. The smallest absolute Gasteiger partial charge is 0.219 e. The summed E-state index contributed by atoms with van der Waals surface area (Å²) in [7, 11) is 0. The lowest BCUT2D eigenvalue weighted by atomic mass is 10.0. The van der Waals surface area contributed by atoms with E-state index in [2.05, 4.69) is 34.5 Å². The Balaban J connectivity index is 1.92. The molecule has 1 amide bonds. The molecule has 3 nitrogen and oxygen atoms in total. The van der Waals surface area contributed by atoms with Crippen LogP contribution in [0.5, 0.6) is 0 Å². The topological polar surface area (TPSA) is 32.3 Å². The summed E-state index contributed by atoms with van der Waals surface area (Å²) in [6.45, 7) is 4.62. The summed E-state index contributed by atoms with van der Waals surface area (Å²) in [6, 6.07) is 8.56.